The summed E-state index contributed by atoms with van der Waals surface area (Å²) >= 11 is 0. The van der Waals surface area contributed by atoms with Gasteiger partial charge in [0.2, 0.25) is 11.8 Å². The maximum atomic E-state index is 12.0. The molecule has 1 heterocycles. The molecule has 1 aromatic rings. The SMILES string of the molecule is CC(=O)N1CCN(C(=O)CCOc2cccc(N)c2)CC1. The number of nitrogens with two attached hydrogens (primary N) is 1. The third-order valence-electron chi connectivity index (χ3n) is 3.52. The summed E-state index contributed by atoms with van der Waals surface area (Å²) in [5.74, 6) is 0.790. The molecule has 2 N–H and O–H groups in total. The molecule has 1 fully saturated rings. The number of carbonyl (C=O) groups is 2. The summed E-state index contributed by atoms with van der Waals surface area (Å²) < 4.78 is 5.52. The molecule has 0 bridgehead atoms. The van der Waals surface area contributed by atoms with Crippen molar-refractivity contribution < 1.29 is 14.3 Å². The summed E-state index contributed by atoms with van der Waals surface area (Å²) in [6, 6.07) is 7.14. The third kappa shape index (κ3) is 4.37. The zero-order valence-electron chi connectivity index (χ0n) is 12.2. The molecule has 0 unspecified atom stereocenters. The molecule has 114 valence electrons. The van der Waals surface area contributed by atoms with E-state index in [4.69, 9.17) is 10.5 Å². The van der Waals surface area contributed by atoms with Gasteiger partial charge in [-0.15, -0.1) is 0 Å². The van der Waals surface area contributed by atoms with Gasteiger partial charge in [-0.05, 0) is 12.1 Å². The average Bonchev–Trinajstić information content (AvgIpc) is 2.47. The fourth-order valence-corrected chi connectivity index (χ4v) is 2.29. The lowest BCUT2D eigenvalue weighted by atomic mass is 10.2. The van der Waals surface area contributed by atoms with E-state index in [-0.39, 0.29) is 11.8 Å². The normalized spacial score (nSPS) is 14.9. The first kappa shape index (κ1) is 15.2. The van der Waals surface area contributed by atoms with E-state index >= 15 is 0 Å². The maximum Gasteiger partial charge on any atom is 0.226 e. The highest BCUT2D eigenvalue weighted by molar-refractivity contribution is 5.77. The fourth-order valence-electron chi connectivity index (χ4n) is 2.29. The molecule has 1 aliphatic rings. The Kier molecular flexibility index (Phi) is 5.03. The van der Waals surface area contributed by atoms with Crippen molar-refractivity contribution in [2.24, 2.45) is 0 Å². The quantitative estimate of drug-likeness (QED) is 0.830. The molecule has 0 spiro atoms. The van der Waals surface area contributed by atoms with Crippen molar-refractivity contribution >= 4 is 17.5 Å². The summed E-state index contributed by atoms with van der Waals surface area (Å²) in [6.07, 6.45) is 0.328. The Hall–Kier alpha value is -2.24. The lowest BCUT2D eigenvalue weighted by Gasteiger charge is -2.34. The first-order valence-electron chi connectivity index (χ1n) is 7.08. The van der Waals surface area contributed by atoms with Crippen molar-refractivity contribution in [3.8, 4) is 5.75 Å². The minimum atomic E-state index is 0.0575. The van der Waals surface area contributed by atoms with Gasteiger partial charge in [-0.2, -0.15) is 0 Å². The number of carbonyl (C=O) groups excluding carboxylic acids is 2. The van der Waals surface area contributed by atoms with Gasteiger partial charge >= 0.3 is 0 Å². The number of amides is 2. The van der Waals surface area contributed by atoms with E-state index in [1.807, 2.05) is 12.1 Å². The topological polar surface area (TPSA) is 75.9 Å². The van der Waals surface area contributed by atoms with Crippen LogP contribution in [0.25, 0.3) is 0 Å². The van der Waals surface area contributed by atoms with E-state index in [1.54, 1.807) is 28.9 Å². The van der Waals surface area contributed by atoms with E-state index < -0.39 is 0 Å². The second kappa shape index (κ2) is 6.97. The second-order valence-electron chi connectivity index (χ2n) is 5.06. The number of benzene rings is 1. The van der Waals surface area contributed by atoms with Crippen molar-refractivity contribution in [3.05, 3.63) is 24.3 Å². The summed E-state index contributed by atoms with van der Waals surface area (Å²) in [6.45, 7) is 4.29. The van der Waals surface area contributed by atoms with Crippen molar-refractivity contribution in [2.75, 3.05) is 38.5 Å². The maximum absolute atomic E-state index is 12.0. The van der Waals surface area contributed by atoms with Gasteiger partial charge in [0.15, 0.2) is 0 Å². The molecule has 1 saturated heterocycles. The highest BCUT2D eigenvalue weighted by Gasteiger charge is 2.21. The Morgan fingerprint density at radius 3 is 2.48 bits per heavy atom. The van der Waals surface area contributed by atoms with Crippen molar-refractivity contribution in [3.63, 3.8) is 0 Å². The molecule has 0 aliphatic carbocycles. The predicted octanol–water partition coefficient (Wildman–Crippen LogP) is 0.728. The van der Waals surface area contributed by atoms with Crippen LogP contribution in [0, 0.1) is 0 Å². The van der Waals surface area contributed by atoms with Crippen molar-refractivity contribution in [1.82, 2.24) is 9.80 Å². The van der Waals surface area contributed by atoms with Crippen LogP contribution < -0.4 is 10.5 Å². The van der Waals surface area contributed by atoms with Crippen LogP contribution in [0.2, 0.25) is 0 Å². The third-order valence-corrected chi connectivity index (χ3v) is 3.52. The van der Waals surface area contributed by atoms with Gasteiger partial charge in [-0.3, -0.25) is 9.59 Å². The lowest BCUT2D eigenvalue weighted by molar-refractivity contribution is -0.138. The number of hydrogen-bond donors (Lipinski definition) is 1. The van der Waals surface area contributed by atoms with Gasteiger partial charge < -0.3 is 20.3 Å². The molecule has 21 heavy (non-hydrogen) atoms. The van der Waals surface area contributed by atoms with Crippen LogP contribution in [-0.2, 0) is 9.59 Å². The van der Waals surface area contributed by atoms with E-state index in [0.717, 1.165) is 0 Å². The van der Waals surface area contributed by atoms with Gasteiger partial charge in [-0.25, -0.2) is 0 Å². The molecule has 0 atom stereocenters. The largest absolute Gasteiger partial charge is 0.493 e. The molecule has 0 aromatic heterocycles. The number of anilines is 1. The van der Waals surface area contributed by atoms with Gasteiger partial charge in [0.1, 0.15) is 5.75 Å². The predicted molar refractivity (Wildman–Crippen MR) is 79.8 cm³/mol. The molecule has 2 rings (SSSR count). The second-order valence-corrected chi connectivity index (χ2v) is 5.06. The Bertz CT molecular complexity index is 511. The van der Waals surface area contributed by atoms with Crippen LogP contribution >= 0.6 is 0 Å². The minimum Gasteiger partial charge on any atom is -0.493 e. The van der Waals surface area contributed by atoms with Crippen LogP contribution in [0.4, 0.5) is 5.69 Å². The molecule has 6 nitrogen and oxygen atoms in total. The van der Waals surface area contributed by atoms with Crippen LogP contribution in [0.15, 0.2) is 24.3 Å². The van der Waals surface area contributed by atoms with Gasteiger partial charge in [0.05, 0.1) is 13.0 Å². The van der Waals surface area contributed by atoms with Crippen LogP contribution in [-0.4, -0.2) is 54.4 Å². The Balaban J connectivity index is 1.72. The molecular weight excluding hydrogens is 270 g/mol. The monoisotopic (exact) mass is 291 g/mol. The van der Waals surface area contributed by atoms with Crippen molar-refractivity contribution in [1.29, 1.82) is 0 Å². The van der Waals surface area contributed by atoms with Crippen LogP contribution in [0.1, 0.15) is 13.3 Å². The summed E-state index contributed by atoms with van der Waals surface area (Å²) in [5.41, 5.74) is 6.30. The number of ether oxygens (including phenoxy) is 1. The standard InChI is InChI=1S/C15H21N3O3/c1-12(19)17-6-8-18(9-7-17)15(20)5-10-21-14-4-2-3-13(16)11-14/h2-4,11H,5-10,16H2,1H3. The minimum absolute atomic E-state index is 0.0575. The molecule has 0 radical (unpaired) electrons. The highest BCUT2D eigenvalue weighted by Crippen LogP contribution is 2.14. The van der Waals surface area contributed by atoms with E-state index in [0.29, 0.717) is 50.6 Å². The van der Waals surface area contributed by atoms with E-state index in [1.165, 1.54) is 0 Å². The molecule has 1 aliphatic heterocycles. The Morgan fingerprint density at radius 2 is 1.86 bits per heavy atom. The smallest absolute Gasteiger partial charge is 0.226 e. The molecule has 0 saturated carbocycles. The molecular formula is C15H21N3O3. The first-order valence-corrected chi connectivity index (χ1v) is 7.08. The van der Waals surface area contributed by atoms with Gasteiger partial charge in [0, 0.05) is 44.9 Å². The summed E-state index contributed by atoms with van der Waals surface area (Å²) in [7, 11) is 0. The van der Waals surface area contributed by atoms with Crippen LogP contribution in [0.5, 0.6) is 5.75 Å². The number of rotatable bonds is 4. The lowest BCUT2D eigenvalue weighted by Crippen LogP contribution is -2.50. The molecule has 1 aromatic carbocycles. The van der Waals surface area contributed by atoms with Gasteiger partial charge in [0.25, 0.3) is 0 Å². The van der Waals surface area contributed by atoms with Gasteiger partial charge in [-0.1, -0.05) is 6.07 Å². The molecule has 6 heteroatoms. The number of nitrogen functional groups attached to an aromatic ring is 1. The summed E-state index contributed by atoms with van der Waals surface area (Å²) in [4.78, 5) is 26.8. The molecule has 2 amide bonds. The number of hydrogen-bond acceptors (Lipinski definition) is 4. The van der Waals surface area contributed by atoms with Crippen LogP contribution in [0.3, 0.4) is 0 Å². The Labute approximate surface area is 124 Å². The van der Waals surface area contributed by atoms with E-state index in [9.17, 15) is 9.59 Å². The first-order chi connectivity index (χ1) is 10.1. The Morgan fingerprint density at radius 1 is 1.19 bits per heavy atom. The van der Waals surface area contributed by atoms with E-state index in [2.05, 4.69) is 0 Å². The van der Waals surface area contributed by atoms with Crippen molar-refractivity contribution in [2.45, 2.75) is 13.3 Å². The fraction of sp³-hybridized carbons (Fsp3) is 0.467. The average molecular weight is 291 g/mol. The number of nitrogens with zero attached hydrogens (tertiary/aromatic N) is 2. The zero-order valence-corrected chi connectivity index (χ0v) is 12.2. The zero-order chi connectivity index (χ0) is 15.2. The number of piperazine rings is 1. The summed E-state index contributed by atoms with van der Waals surface area (Å²) in [5, 5.41) is 0. The highest BCUT2D eigenvalue weighted by atomic mass is 16.5.